The van der Waals surface area contributed by atoms with Crippen LogP contribution in [0.2, 0.25) is 0 Å². The lowest BCUT2D eigenvalue weighted by molar-refractivity contribution is 0.111. The molecule has 0 radical (unpaired) electrons. The molecular weight excluding hydrogens is 224 g/mol. The van der Waals surface area contributed by atoms with Gasteiger partial charge in [-0.1, -0.05) is 0 Å². The summed E-state index contributed by atoms with van der Waals surface area (Å²) in [7, 11) is 0. The lowest BCUT2D eigenvalue weighted by Crippen LogP contribution is -1.95. The van der Waals surface area contributed by atoms with E-state index in [2.05, 4.69) is 15.0 Å². The van der Waals surface area contributed by atoms with Gasteiger partial charge >= 0.3 is 0 Å². The Morgan fingerprint density at radius 3 is 2.71 bits per heavy atom. The summed E-state index contributed by atoms with van der Waals surface area (Å²) < 4.78 is 25.7. The third kappa shape index (κ3) is 2.05. The Morgan fingerprint density at radius 1 is 1.35 bits per heavy atom. The van der Waals surface area contributed by atoms with Crippen molar-refractivity contribution >= 4 is 0 Å². The molecular formula is C12H11F2N3. The van der Waals surface area contributed by atoms with Crippen LogP contribution in [-0.2, 0) is 6.42 Å². The first-order valence-electron chi connectivity index (χ1n) is 5.46. The molecule has 0 aromatic carbocycles. The van der Waals surface area contributed by atoms with Gasteiger partial charge in [-0.25, -0.2) is 13.8 Å². The Bertz CT molecular complexity index is 522. The Kier molecular flexibility index (Phi) is 2.21. The first-order chi connectivity index (χ1) is 8.15. The minimum atomic E-state index is -2.56. The van der Waals surface area contributed by atoms with Crippen LogP contribution in [0.4, 0.5) is 8.78 Å². The fraction of sp³-hybridized carbons (Fsp3) is 0.333. The fourth-order valence-electron chi connectivity index (χ4n) is 1.87. The first kappa shape index (κ1) is 10.4. The predicted octanol–water partition coefficient (Wildman–Crippen LogP) is 2.52. The molecule has 2 aromatic rings. The molecule has 1 N–H and O–H groups in total. The number of aromatic nitrogens is 3. The van der Waals surface area contributed by atoms with Gasteiger partial charge in [-0.3, -0.25) is 4.98 Å². The molecule has 1 fully saturated rings. The van der Waals surface area contributed by atoms with E-state index in [0.29, 0.717) is 12.2 Å². The average Bonchev–Trinajstić information content (AvgIpc) is 2.74. The van der Waals surface area contributed by atoms with Crippen molar-refractivity contribution in [3.05, 3.63) is 47.8 Å². The van der Waals surface area contributed by atoms with Crippen molar-refractivity contribution in [1.29, 1.82) is 0 Å². The van der Waals surface area contributed by atoms with Crippen LogP contribution >= 0.6 is 0 Å². The molecule has 3 nitrogen and oxygen atoms in total. The Morgan fingerprint density at radius 2 is 2.06 bits per heavy atom. The van der Waals surface area contributed by atoms with Crippen LogP contribution in [0.25, 0.3) is 0 Å². The normalized spacial score (nSPS) is 21.4. The highest BCUT2D eigenvalue weighted by Gasteiger charge is 2.59. The number of aromatic amines is 1. The van der Waals surface area contributed by atoms with Crippen molar-refractivity contribution in [1.82, 2.24) is 15.0 Å². The zero-order valence-corrected chi connectivity index (χ0v) is 9.03. The van der Waals surface area contributed by atoms with Crippen molar-refractivity contribution in [3.8, 4) is 0 Å². The van der Waals surface area contributed by atoms with E-state index in [1.54, 1.807) is 18.6 Å². The number of H-pyrrole nitrogens is 1. The maximum atomic E-state index is 12.8. The number of rotatable bonds is 3. The van der Waals surface area contributed by atoms with E-state index in [1.807, 2.05) is 12.1 Å². The Labute approximate surface area is 96.9 Å². The zero-order chi connectivity index (χ0) is 11.9. The van der Waals surface area contributed by atoms with Gasteiger partial charge in [-0.15, -0.1) is 0 Å². The molecule has 3 rings (SSSR count). The summed E-state index contributed by atoms with van der Waals surface area (Å²) in [6, 6.07) is 3.79. The molecule has 0 spiro atoms. The number of alkyl halides is 2. The van der Waals surface area contributed by atoms with Crippen molar-refractivity contribution in [2.24, 2.45) is 0 Å². The summed E-state index contributed by atoms with van der Waals surface area (Å²) in [4.78, 5) is 10.9. The van der Waals surface area contributed by atoms with Crippen molar-refractivity contribution in [3.63, 3.8) is 0 Å². The van der Waals surface area contributed by atoms with Gasteiger partial charge < -0.3 is 4.98 Å². The highest BCUT2D eigenvalue weighted by molar-refractivity contribution is 5.22. The second-order valence-corrected chi connectivity index (χ2v) is 4.34. The van der Waals surface area contributed by atoms with E-state index in [9.17, 15) is 8.78 Å². The molecule has 1 aliphatic rings. The van der Waals surface area contributed by atoms with Gasteiger partial charge in [0.1, 0.15) is 5.82 Å². The molecule has 1 aliphatic carbocycles. The van der Waals surface area contributed by atoms with Gasteiger partial charge in [0.05, 0.1) is 5.92 Å². The van der Waals surface area contributed by atoms with Crippen LogP contribution in [0.3, 0.4) is 0 Å². The van der Waals surface area contributed by atoms with Gasteiger partial charge in [0.25, 0.3) is 5.92 Å². The van der Waals surface area contributed by atoms with Crippen molar-refractivity contribution in [2.45, 2.75) is 24.7 Å². The summed E-state index contributed by atoms with van der Waals surface area (Å²) in [6.07, 6.45) is 5.62. The average molecular weight is 235 g/mol. The Balaban J connectivity index is 1.74. The summed E-state index contributed by atoms with van der Waals surface area (Å²) in [5.74, 6) is -2.88. The van der Waals surface area contributed by atoms with Crippen molar-refractivity contribution in [2.75, 3.05) is 0 Å². The number of pyridine rings is 1. The van der Waals surface area contributed by atoms with E-state index in [1.165, 1.54) is 0 Å². The molecule has 5 heteroatoms. The first-order valence-corrected chi connectivity index (χ1v) is 5.46. The quantitative estimate of drug-likeness (QED) is 0.888. The molecule has 88 valence electrons. The topological polar surface area (TPSA) is 41.6 Å². The lowest BCUT2D eigenvalue weighted by Gasteiger charge is -1.97. The maximum absolute atomic E-state index is 12.8. The van der Waals surface area contributed by atoms with E-state index in [0.717, 1.165) is 11.3 Å². The molecule has 0 bridgehead atoms. The van der Waals surface area contributed by atoms with Gasteiger partial charge in [0.2, 0.25) is 0 Å². The summed E-state index contributed by atoms with van der Waals surface area (Å²) in [5, 5.41) is 0. The van der Waals surface area contributed by atoms with E-state index < -0.39 is 11.8 Å². The summed E-state index contributed by atoms with van der Waals surface area (Å²) >= 11 is 0. The smallest absolute Gasteiger partial charge is 0.259 e. The van der Waals surface area contributed by atoms with Crippen LogP contribution in [0, 0.1) is 0 Å². The van der Waals surface area contributed by atoms with E-state index in [4.69, 9.17) is 0 Å². The molecule has 0 amide bonds. The van der Waals surface area contributed by atoms with E-state index in [-0.39, 0.29) is 6.42 Å². The van der Waals surface area contributed by atoms with Crippen LogP contribution in [0.1, 0.15) is 29.4 Å². The number of nitrogens with zero attached hydrogens (tertiary/aromatic N) is 2. The fourth-order valence-corrected chi connectivity index (χ4v) is 1.87. The second kappa shape index (κ2) is 3.61. The minimum Gasteiger partial charge on any atom is -0.345 e. The van der Waals surface area contributed by atoms with Crippen LogP contribution < -0.4 is 0 Å². The highest BCUT2D eigenvalue weighted by Crippen LogP contribution is 2.54. The Hall–Kier alpha value is -1.78. The lowest BCUT2D eigenvalue weighted by atomic mass is 10.2. The van der Waals surface area contributed by atoms with Gasteiger partial charge in [0.15, 0.2) is 0 Å². The van der Waals surface area contributed by atoms with Gasteiger partial charge in [0, 0.05) is 37.1 Å². The highest BCUT2D eigenvalue weighted by atomic mass is 19.3. The van der Waals surface area contributed by atoms with Crippen molar-refractivity contribution < 1.29 is 8.78 Å². The molecule has 0 aliphatic heterocycles. The number of nitrogens with one attached hydrogen (secondary N) is 1. The van der Waals surface area contributed by atoms with Crippen LogP contribution in [0.15, 0.2) is 30.7 Å². The number of hydrogen-bond acceptors (Lipinski definition) is 2. The molecule has 2 heterocycles. The summed E-state index contributed by atoms with van der Waals surface area (Å²) in [6.45, 7) is 0. The molecule has 1 atom stereocenters. The van der Waals surface area contributed by atoms with Crippen LogP contribution in [0.5, 0.6) is 0 Å². The number of imidazole rings is 1. The largest absolute Gasteiger partial charge is 0.345 e. The van der Waals surface area contributed by atoms with Crippen LogP contribution in [-0.4, -0.2) is 20.9 Å². The number of hydrogen-bond donors (Lipinski definition) is 1. The third-order valence-corrected chi connectivity index (χ3v) is 2.95. The van der Waals surface area contributed by atoms with Gasteiger partial charge in [-0.2, -0.15) is 0 Å². The number of halogens is 2. The maximum Gasteiger partial charge on any atom is 0.259 e. The SMILES string of the molecule is FC1(F)C[C@@H]1c1ncc(Cc2ccncc2)[nH]1. The molecule has 1 saturated carbocycles. The van der Waals surface area contributed by atoms with Gasteiger partial charge in [-0.05, 0) is 17.7 Å². The molecule has 0 saturated heterocycles. The molecule has 2 aromatic heterocycles. The standard InChI is InChI=1S/C12H11F2N3/c13-12(14)6-10(12)11-16-7-9(17-11)5-8-1-3-15-4-2-8/h1-4,7,10H,5-6H2,(H,16,17)/t10-/m1/s1. The third-order valence-electron chi connectivity index (χ3n) is 2.95. The molecule has 0 unspecified atom stereocenters. The molecule has 17 heavy (non-hydrogen) atoms. The monoisotopic (exact) mass is 235 g/mol. The zero-order valence-electron chi connectivity index (χ0n) is 9.03. The predicted molar refractivity (Wildman–Crippen MR) is 57.9 cm³/mol. The second-order valence-electron chi connectivity index (χ2n) is 4.34. The van der Waals surface area contributed by atoms with E-state index >= 15 is 0 Å². The summed E-state index contributed by atoms with van der Waals surface area (Å²) in [5.41, 5.74) is 1.94. The minimum absolute atomic E-state index is 0.0881.